The second-order valence-corrected chi connectivity index (χ2v) is 3.98. The minimum Gasteiger partial charge on any atom is -0.330 e. The number of imidazole rings is 1. The van der Waals surface area contributed by atoms with Crippen molar-refractivity contribution in [2.45, 2.75) is 20.4 Å². The van der Waals surface area contributed by atoms with Gasteiger partial charge in [0.2, 0.25) is 0 Å². The van der Waals surface area contributed by atoms with Crippen LogP contribution in [0.4, 0.5) is 4.39 Å². The number of Topliss-reactive ketones (excluding diaryl/α,β-unsaturated/α-hetero) is 1. The lowest BCUT2D eigenvalue weighted by Crippen LogP contribution is -2.00. The number of carbonyl (C=O) groups is 1. The topological polar surface area (TPSA) is 34.9 Å². The second kappa shape index (κ2) is 4.49. The van der Waals surface area contributed by atoms with E-state index in [4.69, 9.17) is 0 Å². The molecule has 0 saturated carbocycles. The summed E-state index contributed by atoms with van der Waals surface area (Å²) in [7, 11) is 0. The van der Waals surface area contributed by atoms with Gasteiger partial charge in [-0.25, -0.2) is 9.37 Å². The molecule has 0 radical (unpaired) electrons. The molecular weight excluding hydrogens is 219 g/mol. The first-order chi connectivity index (χ1) is 8.06. The molecule has 1 heterocycles. The molecule has 0 fully saturated rings. The summed E-state index contributed by atoms with van der Waals surface area (Å²) in [4.78, 5) is 15.3. The summed E-state index contributed by atoms with van der Waals surface area (Å²) in [6, 6.07) is 6.30. The highest BCUT2D eigenvalue weighted by molar-refractivity contribution is 5.91. The molecule has 1 aromatic heterocycles. The van der Waals surface area contributed by atoms with Crippen molar-refractivity contribution in [1.29, 1.82) is 0 Å². The van der Waals surface area contributed by atoms with Crippen molar-refractivity contribution in [2.75, 3.05) is 0 Å². The van der Waals surface area contributed by atoms with Gasteiger partial charge in [0, 0.05) is 19.7 Å². The number of aryl methyl sites for hydroxylation is 1. The van der Waals surface area contributed by atoms with Crippen molar-refractivity contribution in [1.82, 2.24) is 9.55 Å². The minimum absolute atomic E-state index is 0.0500. The van der Waals surface area contributed by atoms with Gasteiger partial charge in [0.1, 0.15) is 17.3 Å². The third-order valence-corrected chi connectivity index (χ3v) is 2.60. The summed E-state index contributed by atoms with van der Waals surface area (Å²) in [5.74, 6) is 0.478. The molecule has 0 aliphatic rings. The van der Waals surface area contributed by atoms with Crippen LogP contribution in [0.5, 0.6) is 0 Å². The Hall–Kier alpha value is -1.97. The molecule has 0 unspecified atom stereocenters. The predicted molar refractivity (Wildman–Crippen MR) is 62.5 cm³/mol. The number of nitrogens with zero attached hydrogens (tertiary/aromatic N) is 2. The molecule has 88 valence electrons. The number of hydrogen-bond acceptors (Lipinski definition) is 2. The Balaban J connectivity index is 2.24. The number of aromatic nitrogens is 2. The van der Waals surface area contributed by atoms with Gasteiger partial charge in [-0.1, -0.05) is 12.1 Å². The average Bonchev–Trinajstić information content (AvgIpc) is 2.64. The molecule has 0 bridgehead atoms. The van der Waals surface area contributed by atoms with Gasteiger partial charge in [-0.3, -0.25) is 4.79 Å². The first-order valence-electron chi connectivity index (χ1n) is 5.35. The molecule has 0 spiro atoms. The molecule has 2 rings (SSSR count). The van der Waals surface area contributed by atoms with Crippen LogP contribution in [-0.2, 0) is 6.54 Å². The van der Waals surface area contributed by atoms with E-state index in [1.165, 1.54) is 19.1 Å². The first-order valence-corrected chi connectivity index (χ1v) is 5.35. The number of benzene rings is 1. The predicted octanol–water partition coefficient (Wildman–Crippen LogP) is 2.58. The Kier molecular flexibility index (Phi) is 3.04. The van der Waals surface area contributed by atoms with Crippen LogP contribution in [0.2, 0.25) is 0 Å². The summed E-state index contributed by atoms with van der Waals surface area (Å²) in [6.07, 6.45) is 1.72. The molecule has 0 saturated heterocycles. The van der Waals surface area contributed by atoms with E-state index in [0.29, 0.717) is 12.2 Å². The van der Waals surface area contributed by atoms with E-state index in [9.17, 15) is 9.18 Å². The molecule has 4 heteroatoms. The minimum atomic E-state index is -0.250. The normalized spacial score (nSPS) is 10.5. The van der Waals surface area contributed by atoms with Crippen LogP contribution in [-0.4, -0.2) is 15.3 Å². The van der Waals surface area contributed by atoms with Gasteiger partial charge in [-0.2, -0.15) is 0 Å². The van der Waals surface area contributed by atoms with Crippen molar-refractivity contribution in [2.24, 2.45) is 0 Å². The standard InChI is InChI=1S/C13H13FN2O/c1-9(17)13-8-16(10(2)15-13)7-11-3-5-12(14)6-4-11/h3-6,8H,7H2,1-2H3. The summed E-state index contributed by atoms with van der Waals surface area (Å²) in [6.45, 7) is 3.92. The lowest BCUT2D eigenvalue weighted by Gasteiger charge is -2.04. The highest BCUT2D eigenvalue weighted by Crippen LogP contribution is 2.09. The number of ketones is 1. The van der Waals surface area contributed by atoms with Crippen LogP contribution in [0.15, 0.2) is 30.5 Å². The molecule has 0 N–H and O–H groups in total. The average molecular weight is 232 g/mol. The van der Waals surface area contributed by atoms with Gasteiger partial charge in [0.25, 0.3) is 0 Å². The maximum absolute atomic E-state index is 12.8. The highest BCUT2D eigenvalue weighted by atomic mass is 19.1. The molecule has 0 amide bonds. The van der Waals surface area contributed by atoms with Crippen molar-refractivity contribution < 1.29 is 9.18 Å². The smallest absolute Gasteiger partial charge is 0.179 e. The fourth-order valence-electron chi connectivity index (χ4n) is 1.62. The van der Waals surface area contributed by atoms with Gasteiger partial charge in [-0.15, -0.1) is 0 Å². The van der Waals surface area contributed by atoms with Crippen LogP contribution >= 0.6 is 0 Å². The summed E-state index contributed by atoms with van der Waals surface area (Å²) in [5.41, 5.74) is 1.44. The van der Waals surface area contributed by atoms with Crippen LogP contribution in [0.25, 0.3) is 0 Å². The summed E-state index contributed by atoms with van der Waals surface area (Å²) in [5, 5.41) is 0. The first kappa shape index (κ1) is 11.5. The van der Waals surface area contributed by atoms with Crippen molar-refractivity contribution in [3.05, 3.63) is 53.4 Å². The Morgan fingerprint density at radius 3 is 2.53 bits per heavy atom. The second-order valence-electron chi connectivity index (χ2n) is 3.98. The van der Waals surface area contributed by atoms with Gasteiger partial charge < -0.3 is 4.57 Å². The monoisotopic (exact) mass is 232 g/mol. The largest absolute Gasteiger partial charge is 0.330 e. The number of rotatable bonds is 3. The van der Waals surface area contributed by atoms with E-state index >= 15 is 0 Å². The zero-order valence-electron chi connectivity index (χ0n) is 9.77. The van der Waals surface area contributed by atoms with Crippen molar-refractivity contribution in [3.8, 4) is 0 Å². The van der Waals surface area contributed by atoms with Gasteiger partial charge >= 0.3 is 0 Å². The highest BCUT2D eigenvalue weighted by Gasteiger charge is 2.07. The Morgan fingerprint density at radius 2 is 2.00 bits per heavy atom. The number of hydrogen-bond donors (Lipinski definition) is 0. The van der Waals surface area contributed by atoms with E-state index in [0.717, 1.165) is 11.4 Å². The van der Waals surface area contributed by atoms with Gasteiger partial charge in [-0.05, 0) is 24.6 Å². The van der Waals surface area contributed by atoms with Crippen LogP contribution in [0, 0.1) is 12.7 Å². The van der Waals surface area contributed by atoms with Crippen molar-refractivity contribution in [3.63, 3.8) is 0 Å². The molecule has 2 aromatic rings. The molecule has 0 aliphatic heterocycles. The lowest BCUT2D eigenvalue weighted by atomic mass is 10.2. The van der Waals surface area contributed by atoms with Crippen molar-refractivity contribution >= 4 is 5.78 Å². The third kappa shape index (κ3) is 2.58. The van der Waals surface area contributed by atoms with Gasteiger partial charge in [0.15, 0.2) is 5.78 Å². The Bertz CT molecular complexity index is 543. The lowest BCUT2D eigenvalue weighted by molar-refractivity contribution is 0.101. The molecule has 1 aromatic carbocycles. The zero-order valence-corrected chi connectivity index (χ0v) is 9.77. The Morgan fingerprint density at radius 1 is 1.35 bits per heavy atom. The molecular formula is C13H13FN2O. The zero-order chi connectivity index (χ0) is 12.4. The van der Waals surface area contributed by atoms with Crippen LogP contribution in [0.1, 0.15) is 28.8 Å². The summed E-state index contributed by atoms with van der Waals surface area (Å²) >= 11 is 0. The number of carbonyl (C=O) groups excluding carboxylic acids is 1. The molecule has 17 heavy (non-hydrogen) atoms. The van der Waals surface area contributed by atoms with Crippen LogP contribution < -0.4 is 0 Å². The third-order valence-electron chi connectivity index (χ3n) is 2.60. The van der Waals surface area contributed by atoms with E-state index < -0.39 is 0 Å². The Labute approximate surface area is 98.9 Å². The van der Waals surface area contributed by atoms with E-state index in [-0.39, 0.29) is 11.6 Å². The molecule has 0 atom stereocenters. The van der Waals surface area contributed by atoms with E-state index in [1.807, 2.05) is 11.5 Å². The SMILES string of the molecule is CC(=O)c1cn(Cc2ccc(F)cc2)c(C)n1. The fourth-order valence-corrected chi connectivity index (χ4v) is 1.62. The molecule has 3 nitrogen and oxygen atoms in total. The maximum Gasteiger partial charge on any atom is 0.179 e. The maximum atomic E-state index is 12.8. The van der Waals surface area contributed by atoms with Gasteiger partial charge in [0.05, 0.1) is 0 Å². The fraction of sp³-hybridized carbons (Fsp3) is 0.231. The van der Waals surface area contributed by atoms with E-state index in [2.05, 4.69) is 4.98 Å². The summed E-state index contributed by atoms with van der Waals surface area (Å²) < 4.78 is 14.6. The number of halogens is 1. The quantitative estimate of drug-likeness (QED) is 0.762. The molecule has 0 aliphatic carbocycles. The van der Waals surface area contributed by atoms with Crippen LogP contribution in [0.3, 0.4) is 0 Å². The van der Waals surface area contributed by atoms with E-state index in [1.54, 1.807) is 18.3 Å².